The minimum absolute atomic E-state index is 0.801. The first-order chi connectivity index (χ1) is 11.4. The first-order valence-corrected chi connectivity index (χ1v) is 8.39. The van der Waals surface area contributed by atoms with Crippen LogP contribution in [0, 0.1) is 0 Å². The molecular weight excluding hydrogens is 304 g/mol. The number of imidazole rings is 1. The summed E-state index contributed by atoms with van der Waals surface area (Å²) in [6.45, 7) is 0.801. The van der Waals surface area contributed by atoms with Crippen molar-refractivity contribution in [3.63, 3.8) is 0 Å². The average molecular weight is 320 g/mol. The molecule has 0 atom stereocenters. The monoisotopic (exact) mass is 320 g/mol. The van der Waals surface area contributed by atoms with Crippen LogP contribution in [0.5, 0.6) is 0 Å². The Morgan fingerprint density at radius 2 is 2.00 bits per heavy atom. The van der Waals surface area contributed by atoms with Crippen LogP contribution in [0.2, 0.25) is 0 Å². The normalized spacial score (nSPS) is 11.0. The molecule has 0 fully saturated rings. The summed E-state index contributed by atoms with van der Waals surface area (Å²) in [5, 5.41) is 5.64. The lowest BCUT2D eigenvalue weighted by molar-refractivity contribution is 1.06. The van der Waals surface area contributed by atoms with Gasteiger partial charge in [-0.25, -0.2) is 4.98 Å². The summed E-state index contributed by atoms with van der Waals surface area (Å²) >= 11 is 1.76. The van der Waals surface area contributed by atoms with E-state index in [-0.39, 0.29) is 0 Å². The number of nitrogens with zero attached hydrogens (tertiary/aromatic N) is 3. The lowest BCUT2D eigenvalue weighted by Crippen LogP contribution is -2.04. The number of rotatable bonds is 5. The van der Waals surface area contributed by atoms with Crippen molar-refractivity contribution >= 4 is 22.8 Å². The Morgan fingerprint density at radius 3 is 2.83 bits per heavy atom. The fourth-order valence-corrected chi connectivity index (χ4v) is 3.28. The van der Waals surface area contributed by atoms with E-state index in [4.69, 9.17) is 4.98 Å². The maximum atomic E-state index is 4.75. The van der Waals surface area contributed by atoms with Crippen molar-refractivity contribution in [2.45, 2.75) is 13.0 Å². The highest BCUT2D eigenvalue weighted by molar-refractivity contribution is 7.09. The Labute approximate surface area is 138 Å². The second-order valence-corrected chi connectivity index (χ2v) is 6.34. The third kappa shape index (κ3) is 2.96. The molecule has 0 bridgehead atoms. The Bertz CT molecular complexity index is 897. The highest BCUT2D eigenvalue weighted by Gasteiger charge is 2.12. The van der Waals surface area contributed by atoms with Crippen LogP contribution in [0.3, 0.4) is 0 Å². The number of aromatic nitrogens is 3. The van der Waals surface area contributed by atoms with Gasteiger partial charge in [-0.2, -0.15) is 0 Å². The molecule has 5 heteroatoms. The predicted octanol–water partition coefficient (Wildman–Crippen LogP) is 3.99. The first kappa shape index (κ1) is 14.0. The number of hydrogen-bond acceptors (Lipinski definition) is 4. The van der Waals surface area contributed by atoms with Crippen molar-refractivity contribution in [3.8, 4) is 0 Å². The molecule has 0 unspecified atom stereocenters. The Hall–Kier alpha value is -2.66. The van der Waals surface area contributed by atoms with Gasteiger partial charge in [0.05, 0.1) is 18.4 Å². The maximum absolute atomic E-state index is 4.75. The average Bonchev–Trinajstić information content (AvgIpc) is 3.21. The summed E-state index contributed by atoms with van der Waals surface area (Å²) < 4.78 is 2.07. The van der Waals surface area contributed by atoms with Gasteiger partial charge in [-0.3, -0.25) is 9.38 Å². The first-order valence-electron chi connectivity index (χ1n) is 7.51. The molecule has 3 heterocycles. The zero-order valence-electron chi connectivity index (χ0n) is 12.5. The van der Waals surface area contributed by atoms with Crippen LogP contribution in [0.4, 0.5) is 5.82 Å². The van der Waals surface area contributed by atoms with E-state index in [2.05, 4.69) is 56.5 Å². The standard InChI is InChI=1S/C18H16N4S/c1-2-5-14(6-3-1)11-16-18(20-12-15-7-4-10-23-15)22-9-8-19-13-17(22)21-16/h1-10,13,20H,11-12H2. The summed E-state index contributed by atoms with van der Waals surface area (Å²) in [4.78, 5) is 10.2. The fourth-order valence-electron chi connectivity index (χ4n) is 2.64. The zero-order chi connectivity index (χ0) is 15.5. The summed E-state index contributed by atoms with van der Waals surface area (Å²) in [5.74, 6) is 1.04. The maximum Gasteiger partial charge on any atom is 0.157 e. The van der Waals surface area contributed by atoms with E-state index in [1.165, 1.54) is 10.4 Å². The topological polar surface area (TPSA) is 42.2 Å². The van der Waals surface area contributed by atoms with Gasteiger partial charge in [-0.05, 0) is 17.0 Å². The molecule has 0 saturated heterocycles. The molecule has 0 aliphatic carbocycles. The minimum atomic E-state index is 0.801. The third-order valence-electron chi connectivity index (χ3n) is 3.73. The van der Waals surface area contributed by atoms with E-state index in [9.17, 15) is 0 Å². The largest absolute Gasteiger partial charge is 0.365 e. The van der Waals surface area contributed by atoms with E-state index in [0.29, 0.717) is 0 Å². The van der Waals surface area contributed by atoms with Crippen LogP contribution in [0.1, 0.15) is 16.1 Å². The molecule has 0 spiro atoms. The number of anilines is 1. The lowest BCUT2D eigenvalue weighted by Gasteiger charge is -2.08. The van der Waals surface area contributed by atoms with Crippen LogP contribution < -0.4 is 5.32 Å². The quantitative estimate of drug-likeness (QED) is 0.604. The molecular formula is C18H16N4S. The number of nitrogens with one attached hydrogen (secondary N) is 1. The van der Waals surface area contributed by atoms with Gasteiger partial charge in [0.1, 0.15) is 5.82 Å². The Balaban J connectivity index is 1.69. The number of thiophene rings is 1. The molecule has 23 heavy (non-hydrogen) atoms. The molecule has 114 valence electrons. The van der Waals surface area contributed by atoms with Gasteiger partial charge >= 0.3 is 0 Å². The molecule has 0 amide bonds. The number of hydrogen-bond donors (Lipinski definition) is 1. The van der Waals surface area contributed by atoms with E-state index in [1.807, 2.05) is 12.3 Å². The van der Waals surface area contributed by atoms with Crippen molar-refractivity contribution in [2.24, 2.45) is 0 Å². The molecule has 1 N–H and O–H groups in total. The second kappa shape index (κ2) is 6.22. The van der Waals surface area contributed by atoms with Gasteiger partial charge in [0.2, 0.25) is 0 Å². The summed E-state index contributed by atoms with van der Waals surface area (Å²) in [7, 11) is 0. The third-order valence-corrected chi connectivity index (χ3v) is 4.60. The lowest BCUT2D eigenvalue weighted by atomic mass is 10.1. The van der Waals surface area contributed by atoms with Gasteiger partial charge in [0.25, 0.3) is 0 Å². The highest BCUT2D eigenvalue weighted by Crippen LogP contribution is 2.22. The molecule has 0 radical (unpaired) electrons. The van der Waals surface area contributed by atoms with Crippen molar-refractivity contribution in [3.05, 3.63) is 82.6 Å². The van der Waals surface area contributed by atoms with Gasteiger partial charge in [-0.15, -0.1) is 11.3 Å². The van der Waals surface area contributed by atoms with E-state index >= 15 is 0 Å². The van der Waals surface area contributed by atoms with Crippen LogP contribution in [-0.4, -0.2) is 14.4 Å². The highest BCUT2D eigenvalue weighted by atomic mass is 32.1. The number of fused-ring (bicyclic) bond motifs is 1. The predicted molar refractivity (Wildman–Crippen MR) is 93.9 cm³/mol. The van der Waals surface area contributed by atoms with Gasteiger partial charge < -0.3 is 5.32 Å². The Morgan fingerprint density at radius 1 is 1.09 bits per heavy atom. The van der Waals surface area contributed by atoms with E-state index in [1.54, 1.807) is 23.7 Å². The van der Waals surface area contributed by atoms with Crippen molar-refractivity contribution < 1.29 is 0 Å². The molecule has 0 aliphatic heterocycles. The molecule has 0 aliphatic rings. The molecule has 3 aromatic heterocycles. The number of benzene rings is 1. The van der Waals surface area contributed by atoms with Crippen LogP contribution >= 0.6 is 11.3 Å². The van der Waals surface area contributed by atoms with E-state index in [0.717, 1.165) is 30.1 Å². The van der Waals surface area contributed by atoms with Gasteiger partial charge in [0.15, 0.2) is 5.65 Å². The molecule has 4 rings (SSSR count). The summed E-state index contributed by atoms with van der Waals surface area (Å²) in [5.41, 5.74) is 3.16. The zero-order valence-corrected chi connectivity index (χ0v) is 13.3. The van der Waals surface area contributed by atoms with Crippen LogP contribution in [0.25, 0.3) is 5.65 Å². The van der Waals surface area contributed by atoms with Crippen molar-refractivity contribution in [1.29, 1.82) is 0 Å². The summed E-state index contributed by atoms with van der Waals surface area (Å²) in [6, 6.07) is 14.6. The Kier molecular flexibility index (Phi) is 3.78. The van der Waals surface area contributed by atoms with Crippen molar-refractivity contribution in [2.75, 3.05) is 5.32 Å². The van der Waals surface area contributed by atoms with Gasteiger partial charge in [0, 0.05) is 23.7 Å². The molecule has 4 aromatic rings. The SMILES string of the molecule is c1ccc(Cc2nc3cnccn3c2NCc2cccs2)cc1. The van der Waals surface area contributed by atoms with Crippen molar-refractivity contribution in [1.82, 2.24) is 14.4 Å². The minimum Gasteiger partial charge on any atom is -0.365 e. The smallest absolute Gasteiger partial charge is 0.157 e. The summed E-state index contributed by atoms with van der Waals surface area (Å²) in [6.07, 6.45) is 6.34. The van der Waals surface area contributed by atoms with Crippen LogP contribution in [-0.2, 0) is 13.0 Å². The molecule has 0 saturated carbocycles. The van der Waals surface area contributed by atoms with Crippen LogP contribution in [0.15, 0.2) is 66.4 Å². The van der Waals surface area contributed by atoms with Gasteiger partial charge in [-0.1, -0.05) is 36.4 Å². The van der Waals surface area contributed by atoms with E-state index < -0.39 is 0 Å². The molecule has 1 aromatic carbocycles. The molecule has 4 nitrogen and oxygen atoms in total. The fraction of sp³-hybridized carbons (Fsp3) is 0.111. The second-order valence-electron chi connectivity index (χ2n) is 5.31.